The summed E-state index contributed by atoms with van der Waals surface area (Å²) in [7, 11) is -3.43. The zero-order chi connectivity index (χ0) is 14.1. The normalized spacial score (nSPS) is 12.3. The molecule has 0 spiro atoms. The first-order valence-corrected chi connectivity index (χ1v) is 6.14. The molecule has 0 aliphatic heterocycles. The summed E-state index contributed by atoms with van der Waals surface area (Å²) in [5, 5.41) is 13.7. The molecule has 0 radical (unpaired) electrons. The van der Waals surface area contributed by atoms with Gasteiger partial charge in [0.15, 0.2) is 0 Å². The van der Waals surface area contributed by atoms with E-state index in [4.69, 9.17) is 5.11 Å². The number of hydrogen-bond donors (Lipinski definition) is 2. The zero-order valence-corrected chi connectivity index (χ0v) is 10.3. The van der Waals surface area contributed by atoms with Crippen molar-refractivity contribution in [3.05, 3.63) is 11.3 Å². The third kappa shape index (κ3) is 2.64. The Labute approximate surface area is 101 Å². The van der Waals surface area contributed by atoms with Gasteiger partial charge in [-0.2, -0.15) is 9.40 Å². The lowest BCUT2D eigenvalue weighted by atomic mass is 10.3. The summed E-state index contributed by atoms with van der Waals surface area (Å²) in [6.45, 7) is 0.288. The fourth-order valence-corrected chi connectivity index (χ4v) is 2.55. The molecule has 1 rings (SSSR count). The van der Waals surface area contributed by atoms with E-state index < -0.39 is 39.6 Å². The minimum absolute atomic E-state index is 0.0338. The lowest BCUT2D eigenvalue weighted by Gasteiger charge is -2.15. The third-order valence-corrected chi connectivity index (χ3v) is 3.93. The summed E-state index contributed by atoms with van der Waals surface area (Å²) < 4.78 is 48.4. The number of nitrogens with one attached hydrogen (secondary N) is 1. The molecule has 2 N–H and O–H groups in total. The van der Waals surface area contributed by atoms with Gasteiger partial charge in [0.2, 0.25) is 5.03 Å². The highest BCUT2D eigenvalue weighted by Gasteiger charge is 2.32. The Morgan fingerprint density at radius 2 is 2.11 bits per heavy atom. The first-order chi connectivity index (χ1) is 8.17. The number of hydrogen-bond acceptors (Lipinski definition) is 4. The van der Waals surface area contributed by atoms with Crippen molar-refractivity contribution < 1.29 is 27.1 Å². The van der Waals surface area contributed by atoms with Gasteiger partial charge in [0.05, 0.1) is 6.54 Å². The Kier molecular flexibility index (Phi) is 4.02. The Hall–Kier alpha value is -1.55. The Morgan fingerprint density at radius 3 is 2.56 bits per heavy atom. The molecule has 0 atom stereocenters. The zero-order valence-electron chi connectivity index (χ0n) is 9.52. The second-order valence-corrected chi connectivity index (χ2v) is 5.47. The molecule has 1 aromatic rings. The molecule has 0 amide bonds. The number of aryl methyl sites for hydroxylation is 1. The van der Waals surface area contributed by atoms with Gasteiger partial charge in [0.25, 0.3) is 16.4 Å². The molecule has 10 heteroatoms. The van der Waals surface area contributed by atoms with Gasteiger partial charge in [-0.1, -0.05) is 0 Å². The molecule has 18 heavy (non-hydrogen) atoms. The highest BCUT2D eigenvalue weighted by Crippen LogP contribution is 2.20. The van der Waals surface area contributed by atoms with E-state index in [1.54, 1.807) is 0 Å². The van der Waals surface area contributed by atoms with E-state index in [0.717, 1.165) is 7.05 Å². The quantitative estimate of drug-likeness (QED) is 0.809. The van der Waals surface area contributed by atoms with Crippen LogP contribution < -0.4 is 0 Å². The second kappa shape index (κ2) is 4.98. The van der Waals surface area contributed by atoms with E-state index in [9.17, 15) is 22.0 Å². The first-order valence-electron chi connectivity index (χ1n) is 4.70. The molecule has 0 aromatic carbocycles. The predicted octanol–water partition coefficient (Wildman–Crippen LogP) is 0.302. The minimum Gasteiger partial charge on any atom is -0.478 e. The number of H-pyrrole nitrogens is 1. The molecular formula is C8H11F2N3O4S. The van der Waals surface area contributed by atoms with Crippen LogP contribution in [0.4, 0.5) is 8.78 Å². The van der Waals surface area contributed by atoms with Gasteiger partial charge < -0.3 is 5.11 Å². The topological polar surface area (TPSA) is 103 Å². The first kappa shape index (κ1) is 14.5. The Balaban J connectivity index is 3.25. The van der Waals surface area contributed by atoms with Gasteiger partial charge in [0, 0.05) is 12.7 Å². The van der Waals surface area contributed by atoms with Gasteiger partial charge in [-0.25, -0.2) is 22.0 Å². The lowest BCUT2D eigenvalue weighted by molar-refractivity contribution is 0.0691. The van der Waals surface area contributed by atoms with Gasteiger partial charge in [-0.3, -0.25) is 5.10 Å². The van der Waals surface area contributed by atoms with E-state index in [-0.39, 0.29) is 5.69 Å². The van der Waals surface area contributed by atoms with E-state index in [2.05, 4.69) is 10.2 Å². The number of carboxylic acid groups (broad SMARTS) is 1. The molecule has 0 fully saturated rings. The third-order valence-electron chi connectivity index (χ3n) is 2.18. The average Bonchev–Trinajstić information content (AvgIpc) is 2.59. The number of aromatic nitrogens is 2. The number of rotatable bonds is 5. The highest BCUT2D eigenvalue weighted by molar-refractivity contribution is 7.89. The maximum Gasteiger partial charge on any atom is 0.340 e. The fourth-order valence-electron chi connectivity index (χ4n) is 1.29. The lowest BCUT2D eigenvalue weighted by Crippen LogP contribution is -2.32. The van der Waals surface area contributed by atoms with Crippen LogP contribution in [-0.2, 0) is 10.0 Å². The van der Waals surface area contributed by atoms with Crippen molar-refractivity contribution in [1.82, 2.24) is 14.5 Å². The molecule has 0 aliphatic carbocycles. The number of halogens is 2. The van der Waals surface area contributed by atoms with Crippen molar-refractivity contribution in [2.75, 3.05) is 13.6 Å². The number of carboxylic acids is 1. The molecular weight excluding hydrogens is 272 g/mol. The molecule has 0 bridgehead atoms. The van der Waals surface area contributed by atoms with E-state index >= 15 is 0 Å². The minimum atomic E-state index is -4.36. The standard InChI is InChI=1S/C8H11F2N3O4S/c1-4-6(8(14)15)7(12-11-4)18(16,17)13(2)3-5(9)10/h5H,3H2,1-2H3,(H,11,12)(H,14,15). The van der Waals surface area contributed by atoms with Gasteiger partial charge >= 0.3 is 5.97 Å². The molecule has 102 valence electrons. The van der Waals surface area contributed by atoms with Crippen molar-refractivity contribution >= 4 is 16.0 Å². The van der Waals surface area contributed by atoms with Gasteiger partial charge in [-0.05, 0) is 6.92 Å². The van der Waals surface area contributed by atoms with Crippen LogP contribution >= 0.6 is 0 Å². The van der Waals surface area contributed by atoms with Crippen LogP contribution in [0.2, 0.25) is 0 Å². The number of nitrogens with zero attached hydrogens (tertiary/aromatic N) is 2. The van der Waals surface area contributed by atoms with Crippen molar-refractivity contribution in [2.45, 2.75) is 18.4 Å². The summed E-state index contributed by atoms with van der Waals surface area (Å²) in [6, 6.07) is 0. The maximum absolute atomic E-state index is 12.1. The second-order valence-electron chi connectivity index (χ2n) is 3.51. The monoisotopic (exact) mass is 283 g/mol. The van der Waals surface area contributed by atoms with Crippen molar-refractivity contribution in [3.8, 4) is 0 Å². The van der Waals surface area contributed by atoms with Crippen LogP contribution in [0.5, 0.6) is 0 Å². The summed E-state index contributed by atoms with van der Waals surface area (Å²) in [5.41, 5.74) is -0.511. The van der Waals surface area contributed by atoms with Crippen molar-refractivity contribution in [2.24, 2.45) is 0 Å². The van der Waals surface area contributed by atoms with Gasteiger partial charge in [-0.15, -0.1) is 0 Å². The number of alkyl halides is 2. The highest BCUT2D eigenvalue weighted by atomic mass is 32.2. The largest absolute Gasteiger partial charge is 0.478 e. The SMILES string of the molecule is Cc1[nH]nc(S(=O)(=O)N(C)CC(F)F)c1C(=O)O. The van der Waals surface area contributed by atoms with E-state index in [0.29, 0.717) is 4.31 Å². The average molecular weight is 283 g/mol. The number of aromatic carboxylic acids is 1. The molecule has 0 saturated carbocycles. The van der Waals surface area contributed by atoms with Crippen LogP contribution in [-0.4, -0.2) is 54.0 Å². The summed E-state index contributed by atoms with van der Waals surface area (Å²) >= 11 is 0. The Morgan fingerprint density at radius 1 is 1.56 bits per heavy atom. The predicted molar refractivity (Wildman–Crippen MR) is 56.1 cm³/mol. The summed E-state index contributed by atoms with van der Waals surface area (Å²) in [4.78, 5) is 10.9. The molecule has 0 unspecified atom stereocenters. The van der Waals surface area contributed by atoms with Gasteiger partial charge in [0.1, 0.15) is 5.56 Å². The van der Waals surface area contributed by atoms with Crippen molar-refractivity contribution in [3.63, 3.8) is 0 Å². The fraction of sp³-hybridized carbons (Fsp3) is 0.500. The number of aromatic amines is 1. The van der Waals surface area contributed by atoms with Crippen LogP contribution in [0, 0.1) is 6.92 Å². The Bertz CT molecular complexity index is 555. The number of sulfonamides is 1. The molecule has 0 aliphatic rings. The van der Waals surface area contributed by atoms with Crippen LogP contribution in [0.1, 0.15) is 16.1 Å². The summed E-state index contributed by atoms with van der Waals surface area (Å²) in [6.07, 6.45) is -2.86. The van der Waals surface area contributed by atoms with Crippen molar-refractivity contribution in [1.29, 1.82) is 0 Å². The molecule has 7 nitrogen and oxygen atoms in total. The van der Waals surface area contributed by atoms with Crippen LogP contribution in [0.25, 0.3) is 0 Å². The number of carbonyl (C=O) groups is 1. The smallest absolute Gasteiger partial charge is 0.340 e. The van der Waals surface area contributed by atoms with Crippen LogP contribution in [0.15, 0.2) is 5.03 Å². The molecule has 1 heterocycles. The van der Waals surface area contributed by atoms with E-state index in [1.165, 1.54) is 6.92 Å². The molecule has 1 aromatic heterocycles. The maximum atomic E-state index is 12.1. The molecule has 0 saturated heterocycles. The van der Waals surface area contributed by atoms with E-state index in [1.807, 2.05) is 0 Å². The summed E-state index contributed by atoms with van der Waals surface area (Å²) in [5.74, 6) is -1.50. The van der Waals surface area contributed by atoms with Crippen LogP contribution in [0.3, 0.4) is 0 Å².